The van der Waals surface area contributed by atoms with Gasteiger partial charge in [-0.05, 0) is 32.6 Å². The zero-order valence-corrected chi connectivity index (χ0v) is 19.4. The third kappa shape index (κ3) is 12.1. The number of carboxylic acids is 1. The number of carbonyl (C=O) groups excluding carboxylic acids is 4. The fourth-order valence-corrected chi connectivity index (χ4v) is 2.37. The minimum absolute atomic E-state index is 0. The normalized spacial score (nSPS) is 11.8. The van der Waals surface area contributed by atoms with Crippen LogP contribution in [0.5, 0.6) is 0 Å². The number of hydrogen-bond donors (Lipinski definition) is 0. The summed E-state index contributed by atoms with van der Waals surface area (Å²) in [5.74, 6) is -3.73. The fraction of sp³-hybridized carbons (Fsp3) is 0.600. The predicted molar refractivity (Wildman–Crippen MR) is 99.2 cm³/mol. The molecule has 8 heteroatoms. The molecule has 0 bridgehead atoms. The molecule has 0 rings (SSSR count). The fourth-order valence-electron chi connectivity index (χ4n) is 2.37. The molecule has 0 spiro atoms. The smallest absolute Gasteiger partial charge is 0.548 e. The first-order valence-corrected chi connectivity index (χ1v) is 9.40. The van der Waals surface area contributed by atoms with Gasteiger partial charge in [0.1, 0.15) is 0 Å². The molecule has 7 nitrogen and oxygen atoms in total. The first kappa shape index (κ1) is 28.8. The Hall–Kier alpha value is -1.44. The van der Waals surface area contributed by atoms with E-state index in [1.165, 1.54) is 0 Å². The molecule has 0 aliphatic rings. The van der Waals surface area contributed by atoms with Crippen molar-refractivity contribution in [2.75, 3.05) is 6.61 Å². The monoisotopic (exact) mass is 403 g/mol. The van der Waals surface area contributed by atoms with Gasteiger partial charge in [0, 0.05) is 12.8 Å². The Bertz CT molecular complexity index is 529. The van der Waals surface area contributed by atoms with Crippen molar-refractivity contribution in [3.05, 3.63) is 24.3 Å². The molecule has 0 aromatic rings. The van der Waals surface area contributed by atoms with Crippen LogP contribution in [0.25, 0.3) is 0 Å². The molecule has 0 aliphatic heterocycles. The van der Waals surface area contributed by atoms with Crippen LogP contribution in [-0.2, 0) is 23.9 Å². The Labute approximate surface area is 189 Å². The zero-order chi connectivity index (χ0) is 20.7. The standard InChI is InChI=1S/C20H31NO6.Na/c1-4-7-9-11-13-17(22)21(18(23)14-12-10-8-5-2)16(20(25)26)15-19(24)27-6-3;/h7-10,16H,4-6,11-15H2,1-3H3,(H,25,26);/q;+1/p-1/b9-7+,10-8+;. The summed E-state index contributed by atoms with van der Waals surface area (Å²) in [4.78, 5) is 49.0. The minimum atomic E-state index is -1.67. The Morgan fingerprint density at radius 3 is 1.71 bits per heavy atom. The van der Waals surface area contributed by atoms with Crippen LogP contribution in [0.3, 0.4) is 0 Å². The summed E-state index contributed by atoms with van der Waals surface area (Å²) in [5, 5.41) is 11.5. The first-order valence-electron chi connectivity index (χ1n) is 9.40. The quantitative estimate of drug-likeness (QED) is 0.220. The van der Waals surface area contributed by atoms with Crippen molar-refractivity contribution >= 4 is 23.8 Å². The SMILES string of the molecule is CC/C=C/CCC(=O)N(C(=O)CC/C=C/CC)C(CC(=O)OCC)C(=O)[O-].[Na+]. The van der Waals surface area contributed by atoms with Gasteiger partial charge in [0.2, 0.25) is 11.8 Å². The molecule has 0 fully saturated rings. The average molecular weight is 403 g/mol. The number of amides is 2. The van der Waals surface area contributed by atoms with Gasteiger partial charge in [-0.2, -0.15) is 0 Å². The van der Waals surface area contributed by atoms with E-state index in [2.05, 4.69) is 0 Å². The topological polar surface area (TPSA) is 104 Å². The molecule has 0 N–H and O–H groups in total. The zero-order valence-electron chi connectivity index (χ0n) is 17.4. The van der Waals surface area contributed by atoms with Crippen LogP contribution in [0.15, 0.2) is 24.3 Å². The summed E-state index contributed by atoms with van der Waals surface area (Å²) in [5.41, 5.74) is 0. The number of ether oxygens (including phenoxy) is 1. The van der Waals surface area contributed by atoms with Gasteiger partial charge in [-0.1, -0.05) is 38.2 Å². The van der Waals surface area contributed by atoms with E-state index in [0.29, 0.717) is 17.7 Å². The van der Waals surface area contributed by atoms with Crippen LogP contribution in [0.1, 0.15) is 65.7 Å². The van der Waals surface area contributed by atoms with E-state index < -0.39 is 36.2 Å². The molecule has 0 aromatic heterocycles. The Morgan fingerprint density at radius 1 is 0.893 bits per heavy atom. The van der Waals surface area contributed by atoms with Crippen molar-refractivity contribution < 1.29 is 58.6 Å². The summed E-state index contributed by atoms with van der Waals surface area (Å²) in [7, 11) is 0. The van der Waals surface area contributed by atoms with E-state index in [9.17, 15) is 24.3 Å². The Morgan fingerprint density at radius 2 is 1.36 bits per heavy atom. The van der Waals surface area contributed by atoms with Crippen LogP contribution in [-0.4, -0.2) is 41.3 Å². The van der Waals surface area contributed by atoms with Crippen LogP contribution < -0.4 is 34.7 Å². The largest absolute Gasteiger partial charge is 1.00 e. The molecule has 2 amide bonds. The maximum atomic E-state index is 12.5. The van der Waals surface area contributed by atoms with Crippen molar-refractivity contribution in [1.82, 2.24) is 4.90 Å². The van der Waals surface area contributed by atoms with Crippen LogP contribution in [0.2, 0.25) is 0 Å². The van der Waals surface area contributed by atoms with Crippen molar-refractivity contribution in [2.45, 2.75) is 71.8 Å². The molecule has 1 atom stereocenters. The Balaban J connectivity index is 0. The molecule has 0 saturated carbocycles. The number of allylic oxidation sites excluding steroid dienone is 4. The number of imide groups is 1. The summed E-state index contributed by atoms with van der Waals surface area (Å²) >= 11 is 0. The number of esters is 1. The molecule has 152 valence electrons. The average Bonchev–Trinajstić information content (AvgIpc) is 2.62. The Kier molecular flexibility index (Phi) is 18.1. The number of carboxylic acid groups (broad SMARTS) is 1. The maximum absolute atomic E-state index is 12.5. The summed E-state index contributed by atoms with van der Waals surface area (Å²) in [6.45, 7) is 5.55. The number of aliphatic carboxylic acids is 1. The second-order valence-electron chi connectivity index (χ2n) is 5.84. The van der Waals surface area contributed by atoms with Gasteiger partial charge in [0.05, 0.1) is 25.0 Å². The van der Waals surface area contributed by atoms with Crippen LogP contribution in [0.4, 0.5) is 0 Å². The number of hydrogen-bond acceptors (Lipinski definition) is 6. The summed E-state index contributed by atoms with van der Waals surface area (Å²) < 4.78 is 4.76. The van der Waals surface area contributed by atoms with E-state index in [1.54, 1.807) is 19.1 Å². The van der Waals surface area contributed by atoms with Crippen LogP contribution >= 0.6 is 0 Å². The molecule has 0 aromatic carbocycles. The first-order chi connectivity index (χ1) is 12.9. The van der Waals surface area contributed by atoms with E-state index >= 15 is 0 Å². The maximum Gasteiger partial charge on any atom is 1.00 e. The van der Waals surface area contributed by atoms with Gasteiger partial charge < -0.3 is 14.6 Å². The molecule has 0 saturated heterocycles. The van der Waals surface area contributed by atoms with E-state index in [0.717, 1.165) is 12.8 Å². The van der Waals surface area contributed by atoms with Gasteiger partial charge in [0.15, 0.2) is 0 Å². The summed E-state index contributed by atoms with van der Waals surface area (Å²) in [6, 6.07) is -1.67. The predicted octanol–water partition coefficient (Wildman–Crippen LogP) is -1.09. The van der Waals surface area contributed by atoms with Gasteiger partial charge in [-0.3, -0.25) is 19.3 Å². The minimum Gasteiger partial charge on any atom is -0.548 e. The second-order valence-corrected chi connectivity index (χ2v) is 5.84. The van der Waals surface area contributed by atoms with Crippen molar-refractivity contribution in [2.24, 2.45) is 0 Å². The van der Waals surface area contributed by atoms with E-state index in [1.807, 2.05) is 26.0 Å². The van der Waals surface area contributed by atoms with Crippen molar-refractivity contribution in [3.63, 3.8) is 0 Å². The van der Waals surface area contributed by atoms with Gasteiger partial charge in [-0.25, -0.2) is 0 Å². The van der Waals surface area contributed by atoms with Gasteiger partial charge in [-0.15, -0.1) is 0 Å². The number of rotatable bonds is 13. The molecule has 0 radical (unpaired) electrons. The van der Waals surface area contributed by atoms with Crippen LogP contribution in [0, 0.1) is 0 Å². The second kappa shape index (κ2) is 17.6. The third-order valence-electron chi connectivity index (χ3n) is 3.64. The number of carbonyl (C=O) groups is 4. The molecular weight excluding hydrogens is 373 g/mol. The summed E-state index contributed by atoms with van der Waals surface area (Å²) in [6.07, 6.45) is 9.05. The van der Waals surface area contributed by atoms with Crippen molar-refractivity contribution in [1.29, 1.82) is 0 Å². The number of nitrogens with zero attached hydrogens (tertiary/aromatic N) is 1. The van der Waals surface area contributed by atoms with Gasteiger partial charge >= 0.3 is 35.5 Å². The van der Waals surface area contributed by atoms with E-state index in [4.69, 9.17) is 4.74 Å². The molecule has 1 unspecified atom stereocenters. The molecule has 0 heterocycles. The molecule has 0 aliphatic carbocycles. The van der Waals surface area contributed by atoms with Gasteiger partial charge in [0.25, 0.3) is 0 Å². The molecular formula is C20H30NNaO6. The van der Waals surface area contributed by atoms with E-state index in [-0.39, 0.29) is 49.0 Å². The molecule has 28 heavy (non-hydrogen) atoms. The van der Waals surface area contributed by atoms with Crippen molar-refractivity contribution in [3.8, 4) is 0 Å². The third-order valence-corrected chi connectivity index (χ3v) is 3.64.